The Morgan fingerprint density at radius 2 is 0.685 bits per heavy atom. The molecule has 14 aromatic carbocycles. The fraction of sp³-hybridized carbons (Fsp3) is 0.0562. The number of fused-ring (bicyclic) bond motifs is 17. The number of hydrogen-bond donors (Lipinski definition) is 0. The minimum atomic E-state index is -0.769. The molecule has 3 aliphatic rings. The number of para-hydroxylation sites is 2. The number of anilines is 3. The molecule has 0 saturated carbocycles. The first-order valence-electron chi connectivity index (χ1n) is 32.0. The van der Waals surface area contributed by atoms with Crippen molar-refractivity contribution in [2.24, 2.45) is 0 Å². The van der Waals surface area contributed by atoms with Crippen LogP contribution in [0.1, 0.15) is 69.5 Å². The summed E-state index contributed by atoms with van der Waals surface area (Å²) in [7, 11) is 0. The highest BCUT2D eigenvalue weighted by atomic mass is 16.3. The summed E-state index contributed by atoms with van der Waals surface area (Å²) in [5.41, 5.74) is 29.3. The summed E-state index contributed by atoms with van der Waals surface area (Å²) in [6.07, 6.45) is 0. The fourth-order valence-corrected chi connectivity index (χ4v) is 16.8. The second kappa shape index (κ2) is 19.7. The maximum Gasteiger partial charge on any atom is 0.143 e. The summed E-state index contributed by atoms with van der Waals surface area (Å²) < 4.78 is 13.7. The molecule has 2 aromatic heterocycles. The third-order valence-electron chi connectivity index (χ3n) is 20.8. The SMILES string of the molecule is CC1(C)c2cc(N(c3ccc(-c4ccccc4)cc3)c3ccc4c(c3)C(c3ccccc3)(c3ccccc3)c3cc5c(cc3-4)C(c3ccccc3)(c3ccccc3)c3ccc4oc6ccccc6c4c3-5)ccc2-c2c1cc(-c1ccccc1)c1oc3ccccc3c21. The Hall–Kier alpha value is -11.5. The largest absolute Gasteiger partial charge is 0.456 e. The van der Waals surface area contributed by atoms with Crippen LogP contribution in [0.4, 0.5) is 17.1 Å². The molecule has 3 nitrogen and oxygen atoms in total. The van der Waals surface area contributed by atoms with Crippen molar-refractivity contribution in [2.45, 2.75) is 30.1 Å². The van der Waals surface area contributed by atoms with Gasteiger partial charge in [-0.05, 0) is 179 Å². The van der Waals surface area contributed by atoms with Crippen molar-refractivity contribution < 1.29 is 8.83 Å². The van der Waals surface area contributed by atoms with Gasteiger partial charge < -0.3 is 13.7 Å². The molecule has 0 aliphatic heterocycles. The quantitative estimate of drug-likeness (QED) is 0.144. The Labute approximate surface area is 534 Å². The second-order valence-corrected chi connectivity index (χ2v) is 25.7. The highest BCUT2D eigenvalue weighted by molar-refractivity contribution is 6.19. The lowest BCUT2D eigenvalue weighted by Crippen LogP contribution is -2.30. The predicted molar refractivity (Wildman–Crippen MR) is 379 cm³/mol. The number of hydrogen-bond acceptors (Lipinski definition) is 3. The van der Waals surface area contributed by atoms with Crippen LogP contribution in [0.2, 0.25) is 0 Å². The van der Waals surface area contributed by atoms with Gasteiger partial charge in [-0.25, -0.2) is 0 Å². The van der Waals surface area contributed by atoms with Gasteiger partial charge in [0.1, 0.15) is 22.3 Å². The van der Waals surface area contributed by atoms with Crippen LogP contribution >= 0.6 is 0 Å². The highest BCUT2D eigenvalue weighted by Crippen LogP contribution is 2.65. The molecular formula is C89H59NO2. The minimum Gasteiger partial charge on any atom is -0.456 e. The number of furan rings is 2. The van der Waals surface area contributed by atoms with E-state index in [0.29, 0.717) is 0 Å². The van der Waals surface area contributed by atoms with Crippen LogP contribution < -0.4 is 4.90 Å². The molecule has 3 heteroatoms. The monoisotopic (exact) mass is 1170 g/mol. The normalized spacial score (nSPS) is 14.2. The van der Waals surface area contributed by atoms with Crippen molar-refractivity contribution in [3.05, 3.63) is 377 Å². The summed E-state index contributed by atoms with van der Waals surface area (Å²) in [4.78, 5) is 2.50. The lowest BCUT2D eigenvalue weighted by atomic mass is 9.66. The van der Waals surface area contributed by atoms with Crippen LogP contribution in [0.15, 0.2) is 330 Å². The molecule has 3 aliphatic carbocycles. The van der Waals surface area contributed by atoms with Crippen molar-refractivity contribution in [3.8, 4) is 55.6 Å². The van der Waals surface area contributed by atoms with Gasteiger partial charge in [-0.3, -0.25) is 0 Å². The van der Waals surface area contributed by atoms with Crippen LogP contribution in [0.3, 0.4) is 0 Å². The van der Waals surface area contributed by atoms with E-state index < -0.39 is 10.8 Å². The average Bonchev–Trinajstić information content (AvgIpc) is 1.53. The summed E-state index contributed by atoms with van der Waals surface area (Å²) in [5.74, 6) is 0. The maximum absolute atomic E-state index is 6.91. The lowest BCUT2D eigenvalue weighted by Gasteiger charge is -2.36. The van der Waals surface area contributed by atoms with Gasteiger partial charge in [-0.15, -0.1) is 0 Å². The third kappa shape index (κ3) is 7.22. The zero-order chi connectivity index (χ0) is 60.9. The first kappa shape index (κ1) is 52.4. The van der Waals surface area contributed by atoms with Gasteiger partial charge in [0.25, 0.3) is 0 Å². The van der Waals surface area contributed by atoms with E-state index in [9.17, 15) is 0 Å². The van der Waals surface area contributed by atoms with E-state index in [-0.39, 0.29) is 5.41 Å². The van der Waals surface area contributed by atoms with E-state index in [2.05, 4.69) is 340 Å². The summed E-state index contributed by atoms with van der Waals surface area (Å²) in [6, 6.07) is 119. The summed E-state index contributed by atoms with van der Waals surface area (Å²) >= 11 is 0. The summed E-state index contributed by atoms with van der Waals surface area (Å²) in [5, 5.41) is 4.56. The van der Waals surface area contributed by atoms with Crippen molar-refractivity contribution in [2.75, 3.05) is 4.90 Å². The Morgan fingerprint density at radius 3 is 1.28 bits per heavy atom. The molecule has 0 atom stereocenters. The van der Waals surface area contributed by atoms with Gasteiger partial charge in [0.05, 0.1) is 10.8 Å². The van der Waals surface area contributed by atoms with Crippen molar-refractivity contribution in [3.63, 3.8) is 0 Å². The average molecular weight is 1170 g/mol. The molecule has 0 saturated heterocycles. The molecule has 0 spiro atoms. The molecule has 0 N–H and O–H groups in total. The highest BCUT2D eigenvalue weighted by Gasteiger charge is 2.52. The number of nitrogens with zero attached hydrogens (tertiary/aromatic N) is 1. The molecule has 432 valence electrons. The first-order chi connectivity index (χ1) is 45.4. The van der Waals surface area contributed by atoms with Crippen molar-refractivity contribution in [1.82, 2.24) is 0 Å². The molecule has 0 radical (unpaired) electrons. The Bertz CT molecular complexity index is 5550. The third-order valence-corrected chi connectivity index (χ3v) is 20.8. The molecular weight excluding hydrogens is 1110 g/mol. The fourth-order valence-electron chi connectivity index (χ4n) is 16.8. The molecule has 16 aromatic rings. The number of rotatable bonds is 9. The van der Waals surface area contributed by atoms with Gasteiger partial charge >= 0.3 is 0 Å². The van der Waals surface area contributed by atoms with Crippen LogP contribution in [0, 0.1) is 0 Å². The van der Waals surface area contributed by atoms with Crippen molar-refractivity contribution >= 4 is 60.9 Å². The van der Waals surface area contributed by atoms with Gasteiger partial charge in [0, 0.05) is 49.6 Å². The standard InChI is InChI=1S/C89H59NO2/c1-87(2)74-51-64(46-48-67(74)82-78(87)53-70(58-27-11-4-12-28-58)86-85(82)69-38-22-24-40-80(69)92-86)90(63-43-41-57(42-44-63)56-25-9-3-10-26-56)65-45-47-66-71-54-77-72(55-76(71)89(75(66)52-65,61-33-17-7-18-34-61)62-35-19-8-20-36-62)83-73(49-50-81-84(83)68-37-21-23-39-79(68)91-81)88(77,59-29-13-5-14-30-59)60-31-15-6-16-32-60/h3-55H,1-2H3. The first-order valence-corrected chi connectivity index (χ1v) is 32.0. The topological polar surface area (TPSA) is 29.5 Å². The van der Waals surface area contributed by atoms with E-state index in [1.54, 1.807) is 0 Å². The number of benzene rings is 14. The Kier molecular flexibility index (Phi) is 11.2. The van der Waals surface area contributed by atoms with Crippen LogP contribution in [0.25, 0.3) is 99.5 Å². The summed E-state index contributed by atoms with van der Waals surface area (Å²) in [6.45, 7) is 4.81. The van der Waals surface area contributed by atoms with E-state index in [0.717, 1.165) is 66.7 Å². The molecule has 0 fully saturated rings. The second-order valence-electron chi connectivity index (χ2n) is 25.7. The van der Waals surface area contributed by atoms with Crippen LogP contribution in [-0.2, 0) is 16.2 Å². The zero-order valence-electron chi connectivity index (χ0n) is 50.9. The molecule has 2 heterocycles. The maximum atomic E-state index is 6.91. The predicted octanol–water partition coefficient (Wildman–Crippen LogP) is 23.3. The smallest absolute Gasteiger partial charge is 0.143 e. The van der Waals surface area contributed by atoms with E-state index >= 15 is 0 Å². The van der Waals surface area contributed by atoms with Gasteiger partial charge in [0.2, 0.25) is 0 Å². The van der Waals surface area contributed by atoms with Gasteiger partial charge in [-0.1, -0.05) is 263 Å². The molecule has 0 unspecified atom stereocenters. The van der Waals surface area contributed by atoms with Crippen LogP contribution in [0.5, 0.6) is 0 Å². The Morgan fingerprint density at radius 1 is 0.261 bits per heavy atom. The van der Waals surface area contributed by atoms with E-state index in [1.807, 2.05) is 0 Å². The molecule has 0 amide bonds. The van der Waals surface area contributed by atoms with E-state index in [4.69, 9.17) is 8.83 Å². The van der Waals surface area contributed by atoms with Crippen molar-refractivity contribution in [1.29, 1.82) is 0 Å². The molecule has 19 rings (SSSR count). The van der Waals surface area contributed by atoms with E-state index in [1.165, 1.54) is 106 Å². The lowest BCUT2D eigenvalue weighted by molar-refractivity contribution is 0.657. The van der Waals surface area contributed by atoms with Crippen LogP contribution in [-0.4, -0.2) is 0 Å². The van der Waals surface area contributed by atoms with Gasteiger partial charge in [-0.2, -0.15) is 0 Å². The zero-order valence-corrected chi connectivity index (χ0v) is 50.9. The molecule has 0 bridgehead atoms. The van der Waals surface area contributed by atoms with Gasteiger partial charge in [0.15, 0.2) is 0 Å². The Balaban J connectivity index is 0.881. The molecule has 92 heavy (non-hydrogen) atoms. The minimum absolute atomic E-state index is 0.378.